The lowest BCUT2D eigenvalue weighted by Crippen LogP contribution is -2.49. The molecule has 0 radical (unpaired) electrons. The van der Waals surface area contributed by atoms with E-state index >= 15 is 0 Å². The maximum Gasteiger partial charge on any atom is 0.471 e. The van der Waals surface area contributed by atoms with Gasteiger partial charge in [-0.15, -0.1) is 0 Å². The molecule has 2 heterocycles. The lowest BCUT2D eigenvalue weighted by molar-refractivity contribution is -0.175. The van der Waals surface area contributed by atoms with Crippen molar-refractivity contribution in [3.8, 4) is 5.75 Å². The number of hydrogen-bond donors (Lipinski definition) is 1. The van der Waals surface area contributed by atoms with Gasteiger partial charge >= 0.3 is 12.1 Å². The maximum absolute atomic E-state index is 13.1. The Morgan fingerprint density at radius 2 is 1.88 bits per heavy atom. The molecule has 1 atom stereocenters. The molecule has 176 valence electrons. The van der Waals surface area contributed by atoms with E-state index in [0.29, 0.717) is 39.1 Å². The average molecular weight is 495 g/mol. The normalized spacial score (nSPS) is 18.6. The number of ether oxygens (including phenoxy) is 2. The van der Waals surface area contributed by atoms with Crippen molar-refractivity contribution in [1.29, 1.82) is 0 Å². The number of carbonyl (C=O) groups is 2. The van der Waals surface area contributed by atoms with Crippen LogP contribution in [0, 0.1) is 11.8 Å². The van der Waals surface area contributed by atoms with Crippen LogP contribution in [0.4, 0.5) is 13.2 Å². The molecule has 32 heavy (non-hydrogen) atoms. The summed E-state index contributed by atoms with van der Waals surface area (Å²) in [5.74, 6) is -2.42. The van der Waals surface area contributed by atoms with Crippen molar-refractivity contribution < 1.29 is 32.2 Å². The summed E-state index contributed by atoms with van der Waals surface area (Å²) in [5.41, 5.74) is 0.288. The third-order valence-corrected chi connectivity index (χ3v) is 6.32. The van der Waals surface area contributed by atoms with E-state index in [2.05, 4.69) is 11.9 Å². The van der Waals surface area contributed by atoms with E-state index in [1.165, 1.54) is 18.2 Å². The lowest BCUT2D eigenvalue weighted by atomic mass is 9.84. The van der Waals surface area contributed by atoms with Crippen LogP contribution < -0.4 is 10.1 Å². The summed E-state index contributed by atoms with van der Waals surface area (Å²) in [6.45, 7) is 5.15. The van der Waals surface area contributed by atoms with Crippen LogP contribution >= 0.6 is 23.2 Å². The molecule has 1 unspecified atom stereocenters. The first-order chi connectivity index (χ1) is 15.1. The number of halogens is 5. The Balaban J connectivity index is 1.86. The van der Waals surface area contributed by atoms with E-state index in [-0.39, 0.29) is 45.7 Å². The van der Waals surface area contributed by atoms with E-state index in [1.807, 2.05) is 0 Å². The van der Waals surface area contributed by atoms with Gasteiger partial charge in [0.15, 0.2) is 0 Å². The predicted octanol–water partition coefficient (Wildman–Crippen LogP) is 4.16. The molecule has 0 aromatic heterocycles. The summed E-state index contributed by atoms with van der Waals surface area (Å²) in [6, 6.07) is 1.78. The molecule has 2 aliphatic rings. The number of nitrogens with one attached hydrogen (secondary N) is 1. The molecule has 11 heteroatoms. The van der Waals surface area contributed by atoms with Crippen molar-refractivity contribution in [2.24, 2.45) is 11.8 Å². The second kappa shape index (κ2) is 10.3. The number of carbonyl (C=O) groups excluding carboxylic acids is 2. The third kappa shape index (κ3) is 5.68. The Bertz CT molecular complexity index is 869. The van der Waals surface area contributed by atoms with E-state index in [0.717, 1.165) is 0 Å². The summed E-state index contributed by atoms with van der Waals surface area (Å²) in [4.78, 5) is 26.0. The molecule has 2 saturated heterocycles. The molecule has 0 spiro atoms. The van der Waals surface area contributed by atoms with Gasteiger partial charge in [0.05, 0.1) is 35.2 Å². The highest BCUT2D eigenvalue weighted by molar-refractivity contribution is 6.42. The van der Waals surface area contributed by atoms with Crippen LogP contribution in [0.5, 0.6) is 5.75 Å². The van der Waals surface area contributed by atoms with Crippen molar-refractivity contribution in [3.63, 3.8) is 0 Å². The van der Waals surface area contributed by atoms with Gasteiger partial charge in [-0.1, -0.05) is 35.9 Å². The first-order valence-electron chi connectivity index (χ1n) is 10.1. The molecular weight excluding hydrogens is 472 g/mol. The largest absolute Gasteiger partial charge is 0.489 e. The number of rotatable bonds is 7. The number of piperidine rings is 1. The predicted molar refractivity (Wildman–Crippen MR) is 113 cm³/mol. The zero-order chi connectivity index (χ0) is 23.5. The van der Waals surface area contributed by atoms with Crippen molar-refractivity contribution >= 4 is 35.0 Å². The Kier molecular flexibility index (Phi) is 7.95. The molecule has 0 bridgehead atoms. The van der Waals surface area contributed by atoms with Gasteiger partial charge < -0.3 is 19.7 Å². The van der Waals surface area contributed by atoms with E-state index in [4.69, 9.17) is 32.7 Å². The number of amides is 2. The fourth-order valence-electron chi connectivity index (χ4n) is 3.82. The minimum absolute atomic E-state index is 0.0184. The monoisotopic (exact) mass is 494 g/mol. The Morgan fingerprint density at radius 1 is 1.25 bits per heavy atom. The van der Waals surface area contributed by atoms with E-state index < -0.39 is 18.1 Å². The third-order valence-electron chi connectivity index (χ3n) is 5.60. The number of alkyl halides is 3. The van der Waals surface area contributed by atoms with Gasteiger partial charge in [0.25, 0.3) is 0 Å². The molecule has 2 amide bonds. The number of benzene rings is 1. The maximum atomic E-state index is 13.1. The van der Waals surface area contributed by atoms with Crippen LogP contribution in [-0.4, -0.2) is 55.8 Å². The Labute approximate surface area is 193 Å². The minimum atomic E-state index is -5.06. The first-order valence-corrected chi connectivity index (χ1v) is 10.8. The van der Waals surface area contributed by atoms with Gasteiger partial charge in [0.2, 0.25) is 5.91 Å². The molecule has 3 rings (SSSR count). The van der Waals surface area contributed by atoms with Gasteiger partial charge in [0.1, 0.15) is 12.4 Å². The van der Waals surface area contributed by atoms with Gasteiger partial charge in [-0.05, 0) is 24.8 Å². The number of nitrogens with zero attached hydrogens (tertiary/aromatic N) is 1. The number of hydrogen-bond acceptors (Lipinski definition) is 4. The second-order valence-corrected chi connectivity index (χ2v) is 8.56. The van der Waals surface area contributed by atoms with Crippen LogP contribution in [0.1, 0.15) is 24.4 Å². The molecule has 6 nitrogen and oxygen atoms in total. The molecule has 1 N–H and O–H groups in total. The zero-order valence-corrected chi connectivity index (χ0v) is 18.6. The average Bonchev–Trinajstić information content (AvgIpc) is 2.70. The Morgan fingerprint density at radius 3 is 2.41 bits per heavy atom. The van der Waals surface area contributed by atoms with Crippen LogP contribution in [0.25, 0.3) is 0 Å². The van der Waals surface area contributed by atoms with Gasteiger partial charge in [-0.25, -0.2) is 0 Å². The summed E-state index contributed by atoms with van der Waals surface area (Å²) >= 11 is 12.2. The molecule has 1 aromatic rings. The van der Waals surface area contributed by atoms with E-state index in [9.17, 15) is 22.8 Å². The lowest BCUT2D eigenvalue weighted by Gasteiger charge is -2.39. The molecule has 1 aromatic carbocycles. The van der Waals surface area contributed by atoms with Crippen molar-refractivity contribution in [2.75, 3.05) is 32.9 Å². The SMILES string of the molecule is C=CCOc1cc(Cl)c(Cl)cc1C(NC(=O)C(F)(F)F)C1CCN(C(=O)C2COC2)CC1. The van der Waals surface area contributed by atoms with E-state index in [1.54, 1.807) is 4.90 Å². The van der Waals surface area contributed by atoms with Crippen LogP contribution in [0.3, 0.4) is 0 Å². The van der Waals surface area contributed by atoms with Crippen molar-refractivity contribution in [2.45, 2.75) is 25.1 Å². The molecule has 2 fully saturated rings. The highest BCUT2D eigenvalue weighted by Crippen LogP contribution is 2.40. The highest BCUT2D eigenvalue weighted by Gasteiger charge is 2.43. The van der Waals surface area contributed by atoms with Gasteiger partial charge in [-0.2, -0.15) is 13.2 Å². The fourth-order valence-corrected chi connectivity index (χ4v) is 4.15. The molecule has 0 aliphatic carbocycles. The van der Waals surface area contributed by atoms with Gasteiger partial charge in [0, 0.05) is 24.7 Å². The molecule has 0 saturated carbocycles. The Hall–Kier alpha value is -1.97. The van der Waals surface area contributed by atoms with Gasteiger partial charge in [-0.3, -0.25) is 9.59 Å². The molecule has 2 aliphatic heterocycles. The zero-order valence-electron chi connectivity index (χ0n) is 17.1. The molecular formula is C21H23Cl2F3N2O4. The topological polar surface area (TPSA) is 67.9 Å². The van der Waals surface area contributed by atoms with Crippen LogP contribution in [0.15, 0.2) is 24.8 Å². The first kappa shape index (κ1) is 24.7. The smallest absolute Gasteiger partial charge is 0.471 e. The summed E-state index contributed by atoms with van der Waals surface area (Å²) < 4.78 is 49.9. The number of likely N-dealkylation sites (tertiary alicyclic amines) is 1. The summed E-state index contributed by atoms with van der Waals surface area (Å²) in [5, 5.41) is 2.39. The van der Waals surface area contributed by atoms with Crippen LogP contribution in [0.2, 0.25) is 10.0 Å². The van der Waals surface area contributed by atoms with Crippen LogP contribution in [-0.2, 0) is 14.3 Å². The van der Waals surface area contributed by atoms with Crippen molar-refractivity contribution in [3.05, 3.63) is 40.4 Å². The fraction of sp³-hybridized carbons (Fsp3) is 0.524. The van der Waals surface area contributed by atoms with Crippen molar-refractivity contribution in [1.82, 2.24) is 10.2 Å². The summed E-state index contributed by atoms with van der Waals surface area (Å²) in [6.07, 6.45) is -2.80. The minimum Gasteiger partial charge on any atom is -0.489 e. The second-order valence-electron chi connectivity index (χ2n) is 7.75. The quantitative estimate of drug-likeness (QED) is 0.577. The standard InChI is InChI=1S/C21H23Cl2F3N2O4/c1-2-7-32-17-9-16(23)15(22)8-14(17)18(27-20(30)21(24,25)26)12-3-5-28(6-4-12)19(29)13-10-31-11-13/h2,8-9,12-13,18H,1,3-7,10-11H2,(H,27,30). The summed E-state index contributed by atoms with van der Waals surface area (Å²) in [7, 11) is 0. The highest BCUT2D eigenvalue weighted by atomic mass is 35.5.